The molecule has 3 N–H and O–H groups in total. The Hall–Kier alpha value is -0.810. The second-order valence-electron chi connectivity index (χ2n) is 6.80. The molecule has 2 unspecified atom stereocenters. The van der Waals surface area contributed by atoms with Gasteiger partial charge >= 0.3 is 0 Å². The monoisotopic (exact) mass is 373 g/mol. The first-order chi connectivity index (χ1) is 10.7. The van der Waals surface area contributed by atoms with Crippen LogP contribution in [0.4, 0.5) is 5.69 Å². The van der Waals surface area contributed by atoms with Gasteiger partial charge in [-0.2, -0.15) is 0 Å². The number of nitrogens with one attached hydrogen (secondary N) is 1. The highest BCUT2D eigenvalue weighted by atomic mass is 35.5. The molecule has 0 bridgehead atoms. The van der Waals surface area contributed by atoms with Crippen LogP contribution in [-0.4, -0.2) is 29.9 Å². The number of rotatable bonds is 4. The number of carbonyl (C=O) groups is 1. The first kappa shape index (κ1) is 21.2. The quantitative estimate of drug-likeness (QED) is 0.847. The van der Waals surface area contributed by atoms with Crippen molar-refractivity contribution in [2.75, 3.05) is 18.4 Å². The number of nitrogens with zero attached hydrogens (tertiary/aromatic N) is 1. The Morgan fingerprint density at radius 2 is 1.92 bits per heavy atom. The number of likely N-dealkylation sites (tertiary alicyclic amines) is 1. The summed E-state index contributed by atoms with van der Waals surface area (Å²) in [6.07, 6.45) is 6.67. The normalized spacial score (nSPS) is 23.9. The number of amides is 1. The van der Waals surface area contributed by atoms with E-state index in [9.17, 15) is 4.79 Å². The van der Waals surface area contributed by atoms with E-state index in [1.807, 2.05) is 12.1 Å². The average Bonchev–Trinajstić information content (AvgIpc) is 2.95. The second-order valence-corrected chi connectivity index (χ2v) is 6.80. The number of halogens is 2. The van der Waals surface area contributed by atoms with Crippen molar-refractivity contribution in [3.05, 3.63) is 29.8 Å². The molecule has 0 aromatic heterocycles. The lowest BCUT2D eigenvalue weighted by atomic mass is 10.1. The minimum Gasteiger partial charge on any atom is -0.328 e. The third-order valence-corrected chi connectivity index (χ3v) is 4.89. The van der Waals surface area contributed by atoms with E-state index in [1.165, 1.54) is 37.9 Å². The molecule has 0 spiro atoms. The predicted molar refractivity (Wildman–Crippen MR) is 104 cm³/mol. The van der Waals surface area contributed by atoms with Crippen LogP contribution in [0, 0.1) is 5.92 Å². The first-order valence-corrected chi connectivity index (χ1v) is 8.58. The SMILES string of the molecule is Cl.Cl.NC1CCC(C(=O)Nc2cccc(CN3CCCCC3)c2)C1. The number of hydrogen-bond acceptors (Lipinski definition) is 3. The van der Waals surface area contributed by atoms with E-state index in [0.29, 0.717) is 0 Å². The van der Waals surface area contributed by atoms with E-state index in [-0.39, 0.29) is 42.7 Å². The fourth-order valence-electron chi connectivity index (χ4n) is 3.62. The van der Waals surface area contributed by atoms with Crippen molar-refractivity contribution in [2.45, 2.75) is 51.1 Å². The molecule has 1 aromatic carbocycles. The number of piperidine rings is 1. The van der Waals surface area contributed by atoms with Gasteiger partial charge in [0, 0.05) is 24.2 Å². The number of nitrogens with two attached hydrogens (primary N) is 1. The predicted octanol–water partition coefficient (Wildman–Crippen LogP) is 3.58. The third kappa shape index (κ3) is 5.92. The van der Waals surface area contributed by atoms with Crippen LogP contribution in [0.15, 0.2) is 24.3 Å². The summed E-state index contributed by atoms with van der Waals surface area (Å²) in [5.74, 6) is 0.212. The Bertz CT molecular complexity index is 521. The molecule has 6 heteroatoms. The summed E-state index contributed by atoms with van der Waals surface area (Å²) in [6, 6.07) is 8.47. The van der Waals surface area contributed by atoms with E-state index in [4.69, 9.17) is 5.73 Å². The maximum absolute atomic E-state index is 12.3. The summed E-state index contributed by atoms with van der Waals surface area (Å²) in [6.45, 7) is 3.37. The molecule has 0 radical (unpaired) electrons. The summed E-state index contributed by atoms with van der Waals surface area (Å²) in [5, 5.41) is 3.07. The van der Waals surface area contributed by atoms with Crippen molar-refractivity contribution >= 4 is 36.4 Å². The molecule has 1 aliphatic carbocycles. The standard InChI is InChI=1S/C18H27N3O.2ClH/c19-16-8-7-15(12-16)18(22)20-17-6-4-5-14(11-17)13-21-9-2-1-3-10-21;;/h4-6,11,15-16H,1-3,7-10,12-13,19H2,(H,20,22);2*1H. The van der Waals surface area contributed by atoms with Crippen molar-refractivity contribution < 1.29 is 4.79 Å². The lowest BCUT2D eigenvalue weighted by Crippen LogP contribution is -2.29. The Morgan fingerprint density at radius 3 is 2.58 bits per heavy atom. The number of benzene rings is 1. The van der Waals surface area contributed by atoms with Crippen LogP contribution in [0.1, 0.15) is 44.1 Å². The second kappa shape index (κ2) is 10.2. The summed E-state index contributed by atoms with van der Waals surface area (Å²) in [5.41, 5.74) is 8.10. The Balaban J connectivity index is 0.00000144. The number of hydrogen-bond donors (Lipinski definition) is 2. The first-order valence-electron chi connectivity index (χ1n) is 8.58. The van der Waals surface area contributed by atoms with Crippen molar-refractivity contribution in [3.63, 3.8) is 0 Å². The van der Waals surface area contributed by atoms with E-state index in [2.05, 4.69) is 22.3 Å². The van der Waals surface area contributed by atoms with E-state index in [1.54, 1.807) is 0 Å². The molecule has 1 aromatic rings. The molecule has 24 heavy (non-hydrogen) atoms. The van der Waals surface area contributed by atoms with Gasteiger partial charge in [-0.05, 0) is 62.9 Å². The summed E-state index contributed by atoms with van der Waals surface area (Å²) >= 11 is 0. The maximum atomic E-state index is 12.3. The molecule has 2 atom stereocenters. The van der Waals surface area contributed by atoms with Crippen LogP contribution in [0.25, 0.3) is 0 Å². The Morgan fingerprint density at radius 1 is 1.17 bits per heavy atom. The fraction of sp³-hybridized carbons (Fsp3) is 0.611. The molecule has 1 aliphatic heterocycles. The lowest BCUT2D eigenvalue weighted by molar-refractivity contribution is -0.119. The zero-order chi connectivity index (χ0) is 15.4. The fourth-order valence-corrected chi connectivity index (χ4v) is 3.62. The highest BCUT2D eigenvalue weighted by Crippen LogP contribution is 2.25. The lowest BCUT2D eigenvalue weighted by Gasteiger charge is -2.26. The van der Waals surface area contributed by atoms with Gasteiger partial charge < -0.3 is 11.1 Å². The van der Waals surface area contributed by atoms with Crippen LogP contribution in [0.2, 0.25) is 0 Å². The molecule has 136 valence electrons. The molecule has 1 amide bonds. The van der Waals surface area contributed by atoms with E-state index >= 15 is 0 Å². The molecule has 1 saturated carbocycles. The highest BCUT2D eigenvalue weighted by molar-refractivity contribution is 5.92. The third-order valence-electron chi connectivity index (χ3n) is 4.89. The highest BCUT2D eigenvalue weighted by Gasteiger charge is 2.27. The molecule has 4 nitrogen and oxygen atoms in total. The van der Waals surface area contributed by atoms with Crippen molar-refractivity contribution in [1.29, 1.82) is 0 Å². The zero-order valence-electron chi connectivity index (χ0n) is 14.1. The Labute approximate surface area is 157 Å². The smallest absolute Gasteiger partial charge is 0.227 e. The molecular formula is C18H29Cl2N3O. The van der Waals surface area contributed by atoms with Crippen LogP contribution in [0.5, 0.6) is 0 Å². The van der Waals surface area contributed by atoms with Gasteiger partial charge in [-0.15, -0.1) is 24.8 Å². The van der Waals surface area contributed by atoms with Gasteiger partial charge in [-0.25, -0.2) is 0 Å². The molecule has 1 heterocycles. The average molecular weight is 374 g/mol. The van der Waals surface area contributed by atoms with Crippen molar-refractivity contribution in [3.8, 4) is 0 Å². The Kier molecular flexibility index (Phi) is 9.06. The topological polar surface area (TPSA) is 58.4 Å². The molecule has 3 rings (SSSR count). The van der Waals surface area contributed by atoms with Gasteiger partial charge in [0.2, 0.25) is 5.91 Å². The van der Waals surface area contributed by atoms with Crippen LogP contribution in [-0.2, 0) is 11.3 Å². The van der Waals surface area contributed by atoms with Gasteiger partial charge in [0.1, 0.15) is 0 Å². The minimum absolute atomic E-state index is 0. The molecule has 2 fully saturated rings. The summed E-state index contributed by atoms with van der Waals surface area (Å²) in [7, 11) is 0. The van der Waals surface area contributed by atoms with E-state index in [0.717, 1.165) is 31.5 Å². The molecule has 1 saturated heterocycles. The number of carbonyl (C=O) groups excluding carboxylic acids is 1. The van der Waals surface area contributed by atoms with Crippen LogP contribution in [0.3, 0.4) is 0 Å². The van der Waals surface area contributed by atoms with Crippen molar-refractivity contribution in [1.82, 2.24) is 4.90 Å². The van der Waals surface area contributed by atoms with Crippen LogP contribution >= 0.6 is 24.8 Å². The van der Waals surface area contributed by atoms with E-state index < -0.39 is 0 Å². The summed E-state index contributed by atoms with van der Waals surface area (Å²) in [4.78, 5) is 14.8. The maximum Gasteiger partial charge on any atom is 0.227 e. The largest absolute Gasteiger partial charge is 0.328 e. The van der Waals surface area contributed by atoms with Crippen molar-refractivity contribution in [2.24, 2.45) is 11.7 Å². The molecule has 2 aliphatic rings. The zero-order valence-corrected chi connectivity index (χ0v) is 15.7. The van der Waals surface area contributed by atoms with Gasteiger partial charge in [0.25, 0.3) is 0 Å². The molecular weight excluding hydrogens is 345 g/mol. The minimum atomic E-state index is 0. The van der Waals surface area contributed by atoms with Gasteiger partial charge in [-0.3, -0.25) is 9.69 Å². The summed E-state index contributed by atoms with van der Waals surface area (Å²) < 4.78 is 0. The van der Waals surface area contributed by atoms with Gasteiger partial charge in [0.05, 0.1) is 0 Å². The number of anilines is 1. The van der Waals surface area contributed by atoms with Gasteiger partial charge in [-0.1, -0.05) is 18.6 Å². The van der Waals surface area contributed by atoms with Gasteiger partial charge in [0.15, 0.2) is 0 Å². The van der Waals surface area contributed by atoms with Crippen LogP contribution < -0.4 is 11.1 Å².